The predicted molar refractivity (Wildman–Crippen MR) is 75.6 cm³/mol. The van der Waals surface area contributed by atoms with Gasteiger partial charge < -0.3 is 15.1 Å². The summed E-state index contributed by atoms with van der Waals surface area (Å²) in [6, 6.07) is 1.72. The minimum absolute atomic E-state index is 0.0787. The average molecular weight is 311 g/mol. The topological polar surface area (TPSA) is 95.7 Å². The summed E-state index contributed by atoms with van der Waals surface area (Å²) in [4.78, 5) is 25.2. The quantitative estimate of drug-likeness (QED) is 0.753. The lowest BCUT2D eigenvalue weighted by molar-refractivity contribution is -0.152. The molecule has 2 aliphatic heterocycles. The standard InChI is InChI=1S/C13H17N3O4S/c1-8(16-4-2-3-14-16)5-13(12(19)20)7-15-10(18)9(6-17)11(15)21-13/h2-4,8-9,11,17H,5-7H2,1H3,(H,19,20)/t8-,9+,11-,13?/m1/s1. The van der Waals surface area contributed by atoms with Crippen molar-refractivity contribution in [3.8, 4) is 0 Å². The van der Waals surface area contributed by atoms with Gasteiger partial charge in [-0.15, -0.1) is 11.8 Å². The highest BCUT2D eigenvalue weighted by Gasteiger charge is 2.61. The molecule has 0 spiro atoms. The SMILES string of the molecule is C[C@H](CC1(C(=O)O)CN2C(=O)[C@H](CO)[C@H]2S1)n1cccn1. The van der Waals surface area contributed by atoms with Crippen LogP contribution in [-0.4, -0.2) is 60.0 Å². The zero-order chi connectivity index (χ0) is 15.2. The number of aliphatic hydroxyl groups excluding tert-OH is 1. The second-order valence-corrected chi connectivity index (χ2v) is 7.10. The van der Waals surface area contributed by atoms with Gasteiger partial charge in [-0.2, -0.15) is 5.10 Å². The van der Waals surface area contributed by atoms with Crippen LogP contribution in [0.25, 0.3) is 0 Å². The van der Waals surface area contributed by atoms with Crippen LogP contribution in [0.1, 0.15) is 19.4 Å². The summed E-state index contributed by atoms with van der Waals surface area (Å²) >= 11 is 1.28. The summed E-state index contributed by atoms with van der Waals surface area (Å²) in [6.45, 7) is 1.88. The molecule has 7 nitrogen and oxygen atoms in total. The molecule has 0 saturated carbocycles. The lowest BCUT2D eigenvalue weighted by Crippen LogP contribution is -2.58. The number of fused-ring (bicyclic) bond motifs is 1. The number of hydrogen-bond donors (Lipinski definition) is 2. The van der Waals surface area contributed by atoms with E-state index in [1.165, 1.54) is 11.8 Å². The number of nitrogens with zero attached hydrogens (tertiary/aromatic N) is 3. The van der Waals surface area contributed by atoms with E-state index >= 15 is 0 Å². The van der Waals surface area contributed by atoms with E-state index in [-0.39, 0.29) is 30.5 Å². The molecule has 0 aromatic carbocycles. The highest BCUT2D eigenvalue weighted by molar-refractivity contribution is 8.02. The van der Waals surface area contributed by atoms with Gasteiger partial charge in [0.05, 0.1) is 23.9 Å². The van der Waals surface area contributed by atoms with E-state index in [0.717, 1.165) is 0 Å². The summed E-state index contributed by atoms with van der Waals surface area (Å²) in [7, 11) is 0. The number of carbonyl (C=O) groups excluding carboxylic acids is 1. The van der Waals surface area contributed by atoms with Crippen molar-refractivity contribution in [2.45, 2.75) is 29.5 Å². The third kappa shape index (κ3) is 2.13. The number of thioether (sulfide) groups is 1. The summed E-state index contributed by atoms with van der Waals surface area (Å²) < 4.78 is 0.696. The van der Waals surface area contributed by atoms with Gasteiger partial charge in [0, 0.05) is 18.9 Å². The second-order valence-electron chi connectivity index (χ2n) is 5.60. The Hall–Kier alpha value is -1.54. The lowest BCUT2D eigenvalue weighted by atomic mass is 9.94. The van der Waals surface area contributed by atoms with Crippen LogP contribution in [0.2, 0.25) is 0 Å². The van der Waals surface area contributed by atoms with Crippen molar-refractivity contribution in [3.63, 3.8) is 0 Å². The first-order valence-corrected chi connectivity index (χ1v) is 7.68. The Morgan fingerprint density at radius 3 is 3.00 bits per heavy atom. The Balaban J connectivity index is 1.79. The number of carbonyl (C=O) groups is 2. The fraction of sp³-hybridized carbons (Fsp3) is 0.615. The zero-order valence-corrected chi connectivity index (χ0v) is 12.4. The van der Waals surface area contributed by atoms with Crippen LogP contribution >= 0.6 is 11.8 Å². The Kier molecular flexibility index (Phi) is 3.45. The van der Waals surface area contributed by atoms with Crippen LogP contribution in [0, 0.1) is 5.92 Å². The molecule has 3 rings (SSSR count). The first-order chi connectivity index (χ1) is 9.98. The Morgan fingerprint density at radius 1 is 1.67 bits per heavy atom. The molecule has 1 aromatic rings. The number of amides is 1. The number of rotatable bonds is 5. The van der Waals surface area contributed by atoms with Crippen molar-refractivity contribution in [1.29, 1.82) is 0 Å². The maximum atomic E-state index is 11.8. The first kappa shape index (κ1) is 14.4. The summed E-state index contributed by atoms with van der Waals surface area (Å²) in [5.41, 5.74) is 0. The van der Waals surface area contributed by atoms with Crippen LogP contribution in [-0.2, 0) is 9.59 Å². The van der Waals surface area contributed by atoms with Crippen LogP contribution < -0.4 is 0 Å². The highest BCUT2D eigenvalue weighted by Crippen LogP contribution is 2.52. The summed E-state index contributed by atoms with van der Waals surface area (Å²) in [5.74, 6) is -1.52. The minimum Gasteiger partial charge on any atom is -0.480 e. The van der Waals surface area contributed by atoms with Gasteiger partial charge in [0.15, 0.2) is 0 Å². The van der Waals surface area contributed by atoms with Gasteiger partial charge >= 0.3 is 5.97 Å². The molecule has 2 N–H and O–H groups in total. The van der Waals surface area contributed by atoms with Gasteiger partial charge in [-0.05, 0) is 19.4 Å². The molecule has 1 unspecified atom stereocenters. The van der Waals surface area contributed by atoms with E-state index in [4.69, 9.17) is 0 Å². The van der Waals surface area contributed by atoms with Gasteiger partial charge in [-0.3, -0.25) is 14.3 Å². The molecule has 2 aliphatic rings. The molecular formula is C13H17N3O4S. The number of aromatic nitrogens is 2. The smallest absolute Gasteiger partial charge is 0.321 e. The number of aliphatic carboxylic acids is 1. The van der Waals surface area contributed by atoms with Gasteiger partial charge in [-0.25, -0.2) is 0 Å². The van der Waals surface area contributed by atoms with E-state index in [2.05, 4.69) is 5.10 Å². The summed E-state index contributed by atoms with van der Waals surface area (Å²) in [6.07, 6.45) is 3.84. The maximum absolute atomic E-state index is 11.8. The van der Waals surface area contributed by atoms with Gasteiger partial charge in [-0.1, -0.05) is 0 Å². The Bertz CT molecular complexity index is 564. The van der Waals surface area contributed by atoms with E-state index in [1.807, 2.05) is 6.92 Å². The molecule has 21 heavy (non-hydrogen) atoms. The van der Waals surface area contributed by atoms with Gasteiger partial charge in [0.25, 0.3) is 0 Å². The van der Waals surface area contributed by atoms with Crippen LogP contribution in [0.3, 0.4) is 0 Å². The molecule has 0 radical (unpaired) electrons. The normalized spacial score (nSPS) is 32.7. The fourth-order valence-electron chi connectivity index (χ4n) is 3.05. The van der Waals surface area contributed by atoms with Crippen molar-refractivity contribution in [1.82, 2.24) is 14.7 Å². The highest BCUT2D eigenvalue weighted by atomic mass is 32.2. The summed E-state index contributed by atoms with van der Waals surface area (Å²) in [5, 5.41) is 22.8. The number of carboxylic acid groups (broad SMARTS) is 1. The number of hydrogen-bond acceptors (Lipinski definition) is 5. The predicted octanol–water partition coefficient (Wildman–Crippen LogP) is 0.181. The van der Waals surface area contributed by atoms with Crippen molar-refractivity contribution in [2.24, 2.45) is 5.92 Å². The molecule has 1 aromatic heterocycles. The molecule has 1 amide bonds. The average Bonchev–Trinajstić information content (AvgIpc) is 3.06. The van der Waals surface area contributed by atoms with E-state index in [1.54, 1.807) is 28.0 Å². The molecule has 3 heterocycles. The van der Waals surface area contributed by atoms with E-state index < -0.39 is 16.6 Å². The maximum Gasteiger partial charge on any atom is 0.321 e. The molecule has 114 valence electrons. The largest absolute Gasteiger partial charge is 0.480 e. The van der Waals surface area contributed by atoms with Crippen LogP contribution in [0.5, 0.6) is 0 Å². The molecule has 2 fully saturated rings. The molecule has 4 atom stereocenters. The molecule has 8 heteroatoms. The van der Waals surface area contributed by atoms with Gasteiger partial charge in [0.1, 0.15) is 4.75 Å². The van der Waals surface area contributed by atoms with Crippen molar-refractivity contribution in [3.05, 3.63) is 18.5 Å². The second kappa shape index (κ2) is 5.03. The molecule has 2 saturated heterocycles. The third-order valence-corrected chi connectivity index (χ3v) is 5.96. The molecule has 0 bridgehead atoms. The first-order valence-electron chi connectivity index (χ1n) is 6.80. The molecule has 0 aliphatic carbocycles. The van der Waals surface area contributed by atoms with Crippen molar-refractivity contribution >= 4 is 23.6 Å². The lowest BCUT2D eigenvalue weighted by Gasteiger charge is -2.40. The Labute approximate surface area is 125 Å². The molecular weight excluding hydrogens is 294 g/mol. The fourth-order valence-corrected chi connectivity index (χ4v) is 4.84. The zero-order valence-electron chi connectivity index (χ0n) is 11.5. The van der Waals surface area contributed by atoms with Crippen LogP contribution in [0.15, 0.2) is 18.5 Å². The van der Waals surface area contributed by atoms with Gasteiger partial charge in [0.2, 0.25) is 5.91 Å². The Morgan fingerprint density at radius 2 is 2.43 bits per heavy atom. The number of aliphatic hydroxyl groups is 1. The number of β-lactam (4-membered cyclic amide) rings is 1. The van der Waals surface area contributed by atoms with E-state index in [9.17, 15) is 19.8 Å². The van der Waals surface area contributed by atoms with E-state index in [0.29, 0.717) is 6.42 Å². The third-order valence-electron chi connectivity index (χ3n) is 4.21. The minimum atomic E-state index is -1.03. The van der Waals surface area contributed by atoms with Crippen molar-refractivity contribution in [2.75, 3.05) is 13.2 Å². The van der Waals surface area contributed by atoms with Crippen molar-refractivity contribution < 1.29 is 19.8 Å². The number of carboxylic acids is 1. The van der Waals surface area contributed by atoms with Crippen LogP contribution in [0.4, 0.5) is 0 Å². The monoisotopic (exact) mass is 311 g/mol.